The number of hydrogen-bond acceptors (Lipinski definition) is 4. The van der Waals surface area contributed by atoms with Gasteiger partial charge >= 0.3 is 5.92 Å². The predicted octanol–water partition coefficient (Wildman–Crippen LogP) is 3.19. The van der Waals surface area contributed by atoms with Crippen molar-refractivity contribution >= 4 is 22.0 Å². The molecule has 1 spiro atoms. The number of nitrogens with two attached hydrogens (primary N) is 1. The van der Waals surface area contributed by atoms with Gasteiger partial charge in [-0.05, 0) is 32.0 Å². The largest absolute Gasteiger partial charge is 0.487 e. The summed E-state index contributed by atoms with van der Waals surface area (Å²) in [5.74, 6) is -2.78. The van der Waals surface area contributed by atoms with E-state index in [1.165, 1.54) is 0 Å². The van der Waals surface area contributed by atoms with Gasteiger partial charge in [-0.15, -0.1) is 0 Å². The predicted molar refractivity (Wildman–Crippen MR) is 77.7 cm³/mol. The molecular formula is C14H15BrF2N2O2. The van der Waals surface area contributed by atoms with Gasteiger partial charge < -0.3 is 15.2 Å². The van der Waals surface area contributed by atoms with Gasteiger partial charge in [0.05, 0.1) is 0 Å². The van der Waals surface area contributed by atoms with Crippen LogP contribution in [0.4, 0.5) is 8.78 Å². The Hall–Kier alpha value is -1.37. The number of ether oxygens (including phenoxy) is 2. The van der Waals surface area contributed by atoms with Crippen molar-refractivity contribution in [2.75, 3.05) is 6.61 Å². The average molecular weight is 361 g/mol. The van der Waals surface area contributed by atoms with E-state index in [1.54, 1.807) is 32.0 Å². The molecule has 0 bridgehead atoms. The molecule has 0 fully saturated rings. The first-order valence-corrected chi connectivity index (χ1v) is 7.30. The van der Waals surface area contributed by atoms with Gasteiger partial charge in [-0.3, -0.25) is 0 Å². The number of rotatable bonds is 0. The maximum absolute atomic E-state index is 14.7. The number of aliphatic imine (C=N–C) groups is 1. The third kappa shape index (κ3) is 2.18. The van der Waals surface area contributed by atoms with Gasteiger partial charge in [-0.2, -0.15) is 8.78 Å². The summed E-state index contributed by atoms with van der Waals surface area (Å²) in [6, 6.07) is 4.81. The van der Waals surface area contributed by atoms with E-state index in [-0.39, 0.29) is 12.4 Å². The molecule has 1 aromatic carbocycles. The van der Waals surface area contributed by atoms with Gasteiger partial charge in [0.25, 0.3) is 6.02 Å². The number of benzene rings is 1. The minimum Gasteiger partial charge on any atom is -0.487 e. The monoisotopic (exact) mass is 360 g/mol. The molecular weight excluding hydrogens is 346 g/mol. The van der Waals surface area contributed by atoms with Crippen LogP contribution in [0.25, 0.3) is 0 Å². The highest BCUT2D eigenvalue weighted by Crippen LogP contribution is 2.55. The number of hydrogen-bond donors (Lipinski definition) is 1. The minimum atomic E-state index is -3.17. The van der Waals surface area contributed by atoms with E-state index in [2.05, 4.69) is 20.9 Å². The molecule has 114 valence electrons. The number of alkyl halides is 2. The molecule has 21 heavy (non-hydrogen) atoms. The standard InChI is InChI=1S/C14H15BrF2N2O2/c1-12(2)6-13(14(16,17)7-20-11(18)19-13)9-5-8(15)3-4-10(9)21-12/h3-5H,6-7H2,1-2H3,(H2,18,19). The molecule has 0 aliphatic carbocycles. The molecule has 0 radical (unpaired) electrons. The first kappa shape index (κ1) is 14.6. The van der Waals surface area contributed by atoms with E-state index < -0.39 is 23.7 Å². The first-order chi connectivity index (χ1) is 9.65. The zero-order valence-corrected chi connectivity index (χ0v) is 13.2. The van der Waals surface area contributed by atoms with Crippen LogP contribution in [0.1, 0.15) is 25.8 Å². The molecule has 0 saturated carbocycles. The SMILES string of the molecule is CC1(C)CC2(N=C(N)OCC2(F)F)c2cc(Br)ccc2O1. The van der Waals surface area contributed by atoms with E-state index in [4.69, 9.17) is 15.2 Å². The summed E-state index contributed by atoms with van der Waals surface area (Å²) in [7, 11) is 0. The van der Waals surface area contributed by atoms with Crippen LogP contribution < -0.4 is 10.5 Å². The van der Waals surface area contributed by atoms with Gasteiger partial charge in [-0.25, -0.2) is 4.99 Å². The Morgan fingerprint density at radius 1 is 1.33 bits per heavy atom. The zero-order valence-electron chi connectivity index (χ0n) is 11.6. The lowest BCUT2D eigenvalue weighted by Crippen LogP contribution is -2.58. The van der Waals surface area contributed by atoms with Crippen LogP contribution in [-0.4, -0.2) is 24.2 Å². The van der Waals surface area contributed by atoms with Crippen LogP contribution in [0.5, 0.6) is 5.75 Å². The molecule has 0 amide bonds. The van der Waals surface area contributed by atoms with Crippen molar-refractivity contribution in [1.29, 1.82) is 0 Å². The van der Waals surface area contributed by atoms with Gasteiger partial charge in [0, 0.05) is 16.5 Å². The molecule has 7 heteroatoms. The third-order valence-corrected chi connectivity index (χ3v) is 4.26. The van der Waals surface area contributed by atoms with E-state index in [1.807, 2.05) is 0 Å². The molecule has 0 saturated heterocycles. The number of nitrogens with zero attached hydrogens (tertiary/aromatic N) is 1. The molecule has 2 aliphatic heterocycles. The second-order valence-electron chi connectivity index (χ2n) is 5.98. The topological polar surface area (TPSA) is 56.8 Å². The van der Waals surface area contributed by atoms with Crippen LogP contribution >= 0.6 is 15.9 Å². The van der Waals surface area contributed by atoms with E-state index in [0.717, 1.165) is 0 Å². The smallest absolute Gasteiger partial charge is 0.310 e. The van der Waals surface area contributed by atoms with Crippen LogP contribution in [0.3, 0.4) is 0 Å². The fraction of sp³-hybridized carbons (Fsp3) is 0.500. The molecule has 1 atom stereocenters. The molecule has 2 N–H and O–H groups in total. The average Bonchev–Trinajstić information content (AvgIpc) is 2.35. The molecule has 1 unspecified atom stereocenters. The van der Waals surface area contributed by atoms with Gasteiger partial charge in [0.2, 0.25) is 0 Å². The summed E-state index contributed by atoms with van der Waals surface area (Å²) in [6.45, 7) is 2.73. The fourth-order valence-electron chi connectivity index (χ4n) is 2.97. The quantitative estimate of drug-likeness (QED) is 0.772. The Morgan fingerprint density at radius 3 is 2.76 bits per heavy atom. The number of amidine groups is 1. The Morgan fingerprint density at radius 2 is 2.05 bits per heavy atom. The van der Waals surface area contributed by atoms with Crippen LogP contribution in [0.2, 0.25) is 0 Å². The normalized spacial score (nSPS) is 29.1. The lowest BCUT2D eigenvalue weighted by molar-refractivity contribution is -0.148. The number of halogens is 3. The maximum atomic E-state index is 14.7. The van der Waals surface area contributed by atoms with Crippen LogP contribution in [0.15, 0.2) is 27.7 Å². The van der Waals surface area contributed by atoms with Crippen LogP contribution in [-0.2, 0) is 10.3 Å². The lowest BCUT2D eigenvalue weighted by atomic mass is 9.73. The van der Waals surface area contributed by atoms with E-state index >= 15 is 0 Å². The summed E-state index contributed by atoms with van der Waals surface area (Å²) in [6.07, 6.45) is 0.0144. The minimum absolute atomic E-state index is 0.0144. The Labute approximate surface area is 129 Å². The summed E-state index contributed by atoms with van der Waals surface area (Å²) in [4.78, 5) is 4.03. The summed E-state index contributed by atoms with van der Waals surface area (Å²) >= 11 is 3.31. The second-order valence-corrected chi connectivity index (χ2v) is 6.90. The van der Waals surface area contributed by atoms with E-state index in [0.29, 0.717) is 15.8 Å². The molecule has 2 aliphatic rings. The summed E-state index contributed by atoms with van der Waals surface area (Å²) in [5.41, 5.74) is 3.36. The second kappa shape index (κ2) is 4.32. The third-order valence-electron chi connectivity index (χ3n) is 3.76. The van der Waals surface area contributed by atoms with Crippen molar-refractivity contribution in [3.05, 3.63) is 28.2 Å². The lowest BCUT2D eigenvalue weighted by Gasteiger charge is -2.48. The highest BCUT2D eigenvalue weighted by atomic mass is 79.9. The van der Waals surface area contributed by atoms with E-state index in [9.17, 15) is 8.78 Å². The van der Waals surface area contributed by atoms with Crippen molar-refractivity contribution in [3.8, 4) is 5.75 Å². The Bertz CT molecular complexity index is 633. The van der Waals surface area contributed by atoms with Crippen molar-refractivity contribution in [2.24, 2.45) is 10.7 Å². The highest BCUT2D eigenvalue weighted by Gasteiger charge is 2.63. The number of fused-ring (bicyclic) bond motifs is 2. The molecule has 1 aromatic rings. The Kier molecular flexibility index (Phi) is 2.99. The summed E-state index contributed by atoms with van der Waals surface area (Å²) < 4.78 is 40.7. The molecule has 4 nitrogen and oxygen atoms in total. The van der Waals surface area contributed by atoms with Gasteiger partial charge in [-0.1, -0.05) is 15.9 Å². The van der Waals surface area contributed by atoms with Crippen LogP contribution in [0, 0.1) is 0 Å². The van der Waals surface area contributed by atoms with Gasteiger partial charge in [0.1, 0.15) is 11.4 Å². The molecule has 0 aromatic heterocycles. The summed E-state index contributed by atoms with van der Waals surface area (Å²) in [5, 5.41) is 0. The maximum Gasteiger partial charge on any atom is 0.310 e. The highest BCUT2D eigenvalue weighted by molar-refractivity contribution is 9.10. The van der Waals surface area contributed by atoms with Gasteiger partial charge in [0.15, 0.2) is 12.1 Å². The zero-order chi connectivity index (χ0) is 15.5. The Balaban J connectivity index is 2.30. The van der Waals surface area contributed by atoms with Crippen molar-refractivity contribution in [2.45, 2.75) is 37.3 Å². The molecule has 3 rings (SSSR count). The molecule has 2 heterocycles. The van der Waals surface area contributed by atoms with Crippen molar-refractivity contribution < 1.29 is 18.3 Å². The first-order valence-electron chi connectivity index (χ1n) is 6.50. The van der Waals surface area contributed by atoms with Crippen molar-refractivity contribution in [3.63, 3.8) is 0 Å². The van der Waals surface area contributed by atoms with Crippen molar-refractivity contribution in [1.82, 2.24) is 0 Å². The fourth-order valence-corrected chi connectivity index (χ4v) is 3.33.